The van der Waals surface area contributed by atoms with Gasteiger partial charge in [0.2, 0.25) is 0 Å². The maximum atomic E-state index is 6.09. The van der Waals surface area contributed by atoms with Crippen molar-refractivity contribution in [2.24, 2.45) is 0 Å². The van der Waals surface area contributed by atoms with Gasteiger partial charge in [-0.25, -0.2) is 0 Å². The summed E-state index contributed by atoms with van der Waals surface area (Å²) < 4.78 is 12.1. The topological polar surface area (TPSA) is 18.5 Å². The van der Waals surface area contributed by atoms with Crippen LogP contribution < -0.4 is 0 Å². The summed E-state index contributed by atoms with van der Waals surface area (Å²) >= 11 is 0. The van der Waals surface area contributed by atoms with Crippen molar-refractivity contribution in [2.75, 3.05) is 0 Å². The van der Waals surface area contributed by atoms with E-state index in [2.05, 4.69) is 30.8 Å². The van der Waals surface area contributed by atoms with Gasteiger partial charge in [-0.3, -0.25) is 0 Å². The molecule has 2 aliphatic rings. The van der Waals surface area contributed by atoms with Crippen molar-refractivity contribution in [3.63, 3.8) is 0 Å². The number of benzene rings is 2. The van der Waals surface area contributed by atoms with Gasteiger partial charge in [0.25, 0.3) is 0 Å². The van der Waals surface area contributed by atoms with Crippen LogP contribution in [0.2, 0.25) is 0 Å². The molecule has 4 rings (SSSR count). The molecule has 1 fully saturated rings. The summed E-state index contributed by atoms with van der Waals surface area (Å²) in [5.41, 5.74) is 4.41. The second-order valence-corrected chi connectivity index (χ2v) is 4.97. The minimum atomic E-state index is -0.267. The fourth-order valence-corrected chi connectivity index (χ4v) is 2.90. The summed E-state index contributed by atoms with van der Waals surface area (Å²) in [7, 11) is 0. The van der Waals surface area contributed by atoms with Gasteiger partial charge in [0.15, 0.2) is 6.29 Å². The summed E-state index contributed by atoms with van der Waals surface area (Å²) in [5, 5.41) is 0. The fourth-order valence-electron chi connectivity index (χ4n) is 2.90. The Hall–Kier alpha value is -1.90. The Kier molecular flexibility index (Phi) is 2.34. The molecule has 2 aromatic rings. The Bertz CT molecular complexity index is 633. The highest BCUT2D eigenvalue weighted by Crippen LogP contribution is 2.50. The first-order valence-electron chi connectivity index (χ1n) is 6.48. The molecule has 2 heteroatoms. The van der Waals surface area contributed by atoms with Gasteiger partial charge in [-0.1, -0.05) is 61.2 Å². The van der Waals surface area contributed by atoms with Crippen LogP contribution in [-0.4, -0.2) is 6.10 Å². The number of hydrogen-bond acceptors (Lipinski definition) is 2. The molecule has 94 valence electrons. The lowest BCUT2D eigenvalue weighted by Crippen LogP contribution is -2.19. The summed E-state index contributed by atoms with van der Waals surface area (Å²) in [4.78, 5) is 0. The van der Waals surface area contributed by atoms with Gasteiger partial charge in [0.05, 0.1) is 0 Å². The maximum Gasteiger partial charge on any atom is 0.186 e. The van der Waals surface area contributed by atoms with Gasteiger partial charge < -0.3 is 9.47 Å². The van der Waals surface area contributed by atoms with Crippen molar-refractivity contribution < 1.29 is 9.47 Å². The highest BCUT2D eigenvalue weighted by molar-refractivity contribution is 5.72. The molecule has 0 spiro atoms. The molecule has 0 radical (unpaired) electrons. The average Bonchev–Trinajstić information content (AvgIpc) is 2.88. The second-order valence-electron chi connectivity index (χ2n) is 4.97. The molecule has 19 heavy (non-hydrogen) atoms. The summed E-state index contributed by atoms with van der Waals surface area (Å²) in [6.07, 6.45) is -0.412. The van der Waals surface area contributed by atoms with E-state index in [-0.39, 0.29) is 18.5 Å². The van der Waals surface area contributed by atoms with Crippen LogP contribution in [0.25, 0.3) is 5.57 Å². The van der Waals surface area contributed by atoms with Gasteiger partial charge in [0.1, 0.15) is 12.2 Å². The molecule has 0 unspecified atom stereocenters. The number of hydrogen-bond donors (Lipinski definition) is 0. The number of fused-ring (bicyclic) bond motifs is 4. The normalized spacial score (nSPS) is 28.2. The third kappa shape index (κ3) is 1.57. The Morgan fingerprint density at radius 2 is 1.47 bits per heavy atom. The van der Waals surface area contributed by atoms with Crippen molar-refractivity contribution >= 4 is 5.57 Å². The van der Waals surface area contributed by atoms with Crippen molar-refractivity contribution in [1.82, 2.24) is 0 Å². The largest absolute Gasteiger partial charge is 0.337 e. The van der Waals surface area contributed by atoms with Gasteiger partial charge in [-0.15, -0.1) is 0 Å². The van der Waals surface area contributed by atoms with E-state index in [4.69, 9.17) is 9.47 Å². The van der Waals surface area contributed by atoms with E-state index in [1.807, 2.05) is 30.3 Å². The monoisotopic (exact) mass is 250 g/mol. The fraction of sp³-hybridized carbons (Fsp3) is 0.176. The zero-order chi connectivity index (χ0) is 12.8. The molecule has 2 aromatic carbocycles. The summed E-state index contributed by atoms with van der Waals surface area (Å²) in [6.45, 7) is 4.21. The first-order chi connectivity index (χ1) is 9.34. The highest BCUT2D eigenvalue weighted by Gasteiger charge is 2.44. The number of rotatable bonds is 1. The van der Waals surface area contributed by atoms with Crippen LogP contribution in [-0.2, 0) is 9.47 Å². The second kappa shape index (κ2) is 4.05. The Morgan fingerprint density at radius 1 is 0.789 bits per heavy atom. The Labute approximate surface area is 112 Å². The van der Waals surface area contributed by atoms with Crippen molar-refractivity contribution in [3.8, 4) is 0 Å². The van der Waals surface area contributed by atoms with E-state index in [0.29, 0.717) is 0 Å². The van der Waals surface area contributed by atoms with Crippen LogP contribution >= 0.6 is 0 Å². The molecular formula is C17H14O2. The van der Waals surface area contributed by atoms with Crippen molar-refractivity contribution in [2.45, 2.75) is 18.5 Å². The van der Waals surface area contributed by atoms with E-state index in [9.17, 15) is 0 Å². The standard InChI is InChI=1S/C17H14O2/c1-11-13-9-5-6-10-14(13)17-18-15(11)16(19-17)12-7-3-2-4-8-12/h2-10,15-17H,1H2/t15-,16-,17-/m0/s1. The van der Waals surface area contributed by atoms with Crippen LogP contribution in [0.15, 0.2) is 61.2 Å². The average molecular weight is 250 g/mol. The third-order valence-electron chi connectivity index (χ3n) is 3.85. The predicted molar refractivity (Wildman–Crippen MR) is 73.4 cm³/mol. The van der Waals surface area contributed by atoms with Gasteiger partial charge in [0, 0.05) is 5.56 Å². The van der Waals surface area contributed by atoms with E-state index < -0.39 is 0 Å². The molecule has 3 atom stereocenters. The molecule has 1 saturated heterocycles. The maximum absolute atomic E-state index is 6.09. The molecule has 0 amide bonds. The van der Waals surface area contributed by atoms with Crippen LogP contribution in [0, 0.1) is 0 Å². The van der Waals surface area contributed by atoms with Gasteiger partial charge >= 0.3 is 0 Å². The van der Waals surface area contributed by atoms with Gasteiger partial charge in [-0.05, 0) is 16.7 Å². The molecule has 0 N–H and O–H groups in total. The molecule has 2 aliphatic heterocycles. The zero-order valence-electron chi connectivity index (χ0n) is 10.5. The minimum absolute atomic E-state index is 0.0638. The SMILES string of the molecule is C=C1c2ccccc2[C@H]2O[C@@H]1[C@H](c1ccccc1)O2. The quantitative estimate of drug-likeness (QED) is 0.765. The van der Waals surface area contributed by atoms with E-state index in [0.717, 1.165) is 16.7 Å². The minimum Gasteiger partial charge on any atom is -0.337 e. The third-order valence-corrected chi connectivity index (χ3v) is 3.85. The summed E-state index contributed by atoms with van der Waals surface area (Å²) in [5.74, 6) is 0. The van der Waals surface area contributed by atoms with Crippen molar-refractivity contribution in [1.29, 1.82) is 0 Å². The first kappa shape index (κ1) is 11.0. The predicted octanol–water partition coefficient (Wildman–Crippen LogP) is 3.87. The molecule has 2 heterocycles. The van der Waals surface area contributed by atoms with Gasteiger partial charge in [-0.2, -0.15) is 0 Å². The zero-order valence-corrected chi connectivity index (χ0v) is 10.5. The smallest absolute Gasteiger partial charge is 0.186 e. The highest BCUT2D eigenvalue weighted by atomic mass is 16.7. The van der Waals surface area contributed by atoms with Crippen LogP contribution in [0.5, 0.6) is 0 Å². The van der Waals surface area contributed by atoms with Crippen LogP contribution in [0.4, 0.5) is 0 Å². The molecule has 2 bridgehead atoms. The van der Waals surface area contributed by atoms with E-state index in [1.165, 1.54) is 5.56 Å². The van der Waals surface area contributed by atoms with Crippen LogP contribution in [0.3, 0.4) is 0 Å². The first-order valence-corrected chi connectivity index (χ1v) is 6.48. The Balaban J connectivity index is 1.78. The molecule has 0 aromatic heterocycles. The lowest BCUT2D eigenvalue weighted by atomic mass is 9.91. The number of ether oxygens (including phenoxy) is 2. The Morgan fingerprint density at radius 3 is 2.32 bits per heavy atom. The van der Waals surface area contributed by atoms with Crippen LogP contribution in [0.1, 0.15) is 29.1 Å². The summed E-state index contributed by atoms with van der Waals surface area (Å²) in [6, 6.07) is 18.4. The lowest BCUT2D eigenvalue weighted by Gasteiger charge is -2.24. The molecular weight excluding hydrogens is 236 g/mol. The molecule has 2 nitrogen and oxygen atoms in total. The van der Waals surface area contributed by atoms with E-state index in [1.54, 1.807) is 0 Å². The lowest BCUT2D eigenvalue weighted by molar-refractivity contribution is -0.0676. The van der Waals surface area contributed by atoms with E-state index >= 15 is 0 Å². The van der Waals surface area contributed by atoms with Crippen molar-refractivity contribution in [3.05, 3.63) is 77.9 Å². The molecule has 0 saturated carbocycles. The molecule has 0 aliphatic carbocycles.